The molecular weight excluding hydrogens is 553 g/mol. The van der Waals surface area contributed by atoms with Crippen molar-refractivity contribution in [3.63, 3.8) is 0 Å². The lowest BCUT2D eigenvalue weighted by Crippen LogP contribution is -2.27. The molecule has 6 rings (SSSR count). The minimum Gasteiger partial charge on any atom is -0.394 e. The van der Waals surface area contributed by atoms with Gasteiger partial charge in [0.2, 0.25) is 5.95 Å². The van der Waals surface area contributed by atoms with Gasteiger partial charge in [-0.15, -0.1) is 0 Å². The van der Waals surface area contributed by atoms with Gasteiger partial charge in [0.05, 0.1) is 42.8 Å². The number of hydrogen-bond donors (Lipinski definition) is 6. The predicted octanol–water partition coefficient (Wildman–Crippen LogP) is 0.165. The van der Waals surface area contributed by atoms with Gasteiger partial charge in [-0.25, -0.2) is 15.0 Å². The lowest BCUT2D eigenvalue weighted by molar-refractivity contribution is -0.0383. The van der Waals surface area contributed by atoms with Crippen molar-refractivity contribution in [1.82, 2.24) is 34.1 Å². The van der Waals surface area contributed by atoms with Crippen molar-refractivity contribution in [1.29, 1.82) is 0 Å². The Morgan fingerprint density at radius 2 is 2.03 bits per heavy atom. The van der Waals surface area contributed by atoms with E-state index in [9.17, 15) is 19.6 Å². The smallest absolute Gasteiger partial charge is 0.280 e. The zero-order valence-corrected chi connectivity index (χ0v) is 22.1. The molecule has 1 unspecified atom stereocenters. The van der Waals surface area contributed by atoms with Gasteiger partial charge in [-0.2, -0.15) is 4.98 Å². The molecule has 0 radical (unpaired) electrons. The van der Waals surface area contributed by atoms with Crippen LogP contribution in [0.2, 0.25) is 0 Å². The van der Waals surface area contributed by atoms with E-state index in [1.165, 1.54) is 17.2 Å². The van der Waals surface area contributed by atoms with Crippen LogP contribution in [0.15, 0.2) is 29.7 Å². The number of imidazole rings is 1. The third kappa shape index (κ3) is 4.59. The van der Waals surface area contributed by atoms with Crippen LogP contribution in [0.25, 0.3) is 22.2 Å². The summed E-state index contributed by atoms with van der Waals surface area (Å²) in [6, 6.07) is 1.76. The maximum absolute atomic E-state index is 13.8. The van der Waals surface area contributed by atoms with Crippen LogP contribution in [0.3, 0.4) is 0 Å². The Hall–Kier alpha value is -3.05. The summed E-state index contributed by atoms with van der Waals surface area (Å²) in [5.74, 6) is 0.204. The fraction of sp³-hybridized carbons (Fsp3) is 0.476. The van der Waals surface area contributed by atoms with E-state index in [2.05, 4.69) is 37.2 Å². The minimum absolute atomic E-state index is 0.0204. The summed E-state index contributed by atoms with van der Waals surface area (Å²) < 4.78 is 34.7. The van der Waals surface area contributed by atoms with Crippen LogP contribution in [0.1, 0.15) is 25.3 Å². The fourth-order valence-electron chi connectivity index (χ4n) is 5.06. The van der Waals surface area contributed by atoms with Gasteiger partial charge in [-0.1, -0.05) is 12.2 Å². The number of fused-ring (bicyclic) bond motifs is 2. The number of nitrogens with one attached hydrogen (secondary N) is 1. The predicted molar refractivity (Wildman–Crippen MR) is 141 cm³/mol. The second kappa shape index (κ2) is 9.85. The summed E-state index contributed by atoms with van der Waals surface area (Å²) in [5.41, 5.74) is 10.9. The molecule has 0 bridgehead atoms. The van der Waals surface area contributed by atoms with Crippen LogP contribution in [0, 0.1) is 0 Å². The molecule has 18 heteroatoms. The van der Waals surface area contributed by atoms with Crippen LogP contribution in [-0.4, -0.2) is 81.5 Å². The Morgan fingerprint density at radius 3 is 2.82 bits per heavy atom. The molecule has 6 heterocycles. The number of rotatable bonds is 7. The van der Waals surface area contributed by atoms with Gasteiger partial charge in [0.15, 0.2) is 11.2 Å². The van der Waals surface area contributed by atoms with Crippen molar-refractivity contribution in [3.8, 4) is 0 Å². The fourth-order valence-corrected chi connectivity index (χ4v) is 7.47. The number of ether oxygens (including phenoxy) is 2. The summed E-state index contributed by atoms with van der Waals surface area (Å²) in [6.45, 7) is -4.33. The van der Waals surface area contributed by atoms with Crippen molar-refractivity contribution < 1.29 is 28.8 Å². The average molecular weight is 580 g/mol. The maximum Gasteiger partial charge on any atom is 0.280 e. The van der Waals surface area contributed by atoms with Crippen LogP contribution in [-0.2, 0) is 18.6 Å². The van der Waals surface area contributed by atoms with Crippen molar-refractivity contribution in [2.45, 2.75) is 49.3 Å². The van der Waals surface area contributed by atoms with Crippen LogP contribution in [0.4, 0.5) is 11.8 Å². The van der Waals surface area contributed by atoms with E-state index in [0.717, 1.165) is 0 Å². The van der Waals surface area contributed by atoms with Gasteiger partial charge in [0.25, 0.3) is 12.1 Å². The molecule has 7 N–H and O–H groups in total. The average Bonchev–Trinajstić information content (AvgIpc) is 3.67. The SMILES string of the molecule is Nc1nc2c(ncn2[C@@H]2O[C@H](CO)C[C@H]2[P@](=O)(S)OCC2O[C@@H](n3ccc4c(N)ncnc43)C[C@@H]2O)c(=O)[nH]1. The lowest BCUT2D eigenvalue weighted by Gasteiger charge is -2.26. The standard InChI is InChI=1S/C21H26N9O7PS/c22-16-10-1-2-29(17(10)25-7-24-16)14-4-11(32)12(37-14)6-35-38(34,39)13-3-9(5-31)36-20(13)30-8-26-15-18(30)27-21(23)28-19(15)33/h1-2,7-9,11-14,20,31-32H,3-6H2,(H,34,39)(H2,22,24,25)(H3,23,27,28,33)/t9-,11-,12?,13+,14+,20+,38+/m0/s1. The Morgan fingerprint density at radius 1 is 1.21 bits per heavy atom. The van der Waals surface area contributed by atoms with E-state index in [-0.39, 0.29) is 43.2 Å². The monoisotopic (exact) mass is 579 g/mol. The molecule has 4 aromatic heterocycles. The largest absolute Gasteiger partial charge is 0.394 e. The third-order valence-corrected chi connectivity index (χ3v) is 10.1. The number of aliphatic hydroxyl groups excluding tert-OH is 2. The first kappa shape index (κ1) is 26.2. The highest BCUT2D eigenvalue weighted by atomic mass is 32.7. The van der Waals surface area contributed by atoms with Gasteiger partial charge in [0, 0.05) is 12.6 Å². The summed E-state index contributed by atoms with van der Waals surface area (Å²) in [4.78, 5) is 31.1. The number of hydrogen-bond acceptors (Lipinski definition) is 13. The molecule has 7 atom stereocenters. The highest BCUT2D eigenvalue weighted by molar-refractivity contribution is 8.46. The molecule has 4 aromatic rings. The topological polar surface area (TPSA) is 232 Å². The second-order valence-corrected chi connectivity index (χ2v) is 13.1. The number of nitrogens with zero attached hydrogens (tertiary/aromatic N) is 6. The quantitative estimate of drug-likeness (QED) is 0.127. The van der Waals surface area contributed by atoms with Crippen molar-refractivity contribution >= 4 is 52.8 Å². The minimum atomic E-state index is -3.76. The molecule has 2 fully saturated rings. The van der Waals surface area contributed by atoms with Gasteiger partial charge >= 0.3 is 0 Å². The maximum atomic E-state index is 13.8. The zero-order chi connectivity index (χ0) is 27.5. The first-order chi connectivity index (χ1) is 18.7. The Labute approximate surface area is 224 Å². The molecule has 0 saturated carbocycles. The first-order valence-electron chi connectivity index (χ1n) is 12.0. The van der Waals surface area contributed by atoms with Crippen molar-refractivity contribution in [2.24, 2.45) is 0 Å². The zero-order valence-electron chi connectivity index (χ0n) is 20.3. The molecule has 16 nitrogen and oxygen atoms in total. The van der Waals surface area contributed by atoms with E-state index >= 15 is 0 Å². The highest BCUT2D eigenvalue weighted by Crippen LogP contribution is 2.63. The Balaban J connectivity index is 1.20. The Bertz CT molecular complexity index is 1640. The summed E-state index contributed by atoms with van der Waals surface area (Å²) in [5, 5.41) is 21.1. The Kier molecular flexibility index (Phi) is 6.61. The van der Waals surface area contributed by atoms with Gasteiger partial charge in [0.1, 0.15) is 36.4 Å². The number of nitrogen functional groups attached to an aromatic ring is 2. The number of aromatic amines is 1. The molecule has 2 saturated heterocycles. The molecule has 0 aromatic carbocycles. The first-order valence-corrected chi connectivity index (χ1v) is 14.9. The molecule has 0 aliphatic carbocycles. The summed E-state index contributed by atoms with van der Waals surface area (Å²) in [7, 11) is 0. The van der Waals surface area contributed by atoms with Crippen molar-refractivity contribution in [2.75, 3.05) is 24.7 Å². The number of aromatic nitrogens is 7. The van der Waals surface area contributed by atoms with Gasteiger partial charge in [-0.3, -0.25) is 18.9 Å². The number of H-pyrrole nitrogens is 1. The number of aliphatic hydroxyl groups is 2. The third-order valence-electron chi connectivity index (χ3n) is 6.99. The molecule has 0 spiro atoms. The van der Waals surface area contributed by atoms with E-state index in [1.54, 1.807) is 16.8 Å². The summed E-state index contributed by atoms with van der Waals surface area (Å²) >= 11 is 4.38. The summed E-state index contributed by atoms with van der Waals surface area (Å²) in [6.07, 6.45) is 0.871. The molecule has 2 aliphatic rings. The van der Waals surface area contributed by atoms with Crippen LogP contribution in [0.5, 0.6) is 0 Å². The number of thiol groups is 1. The normalized spacial score (nSPS) is 28.9. The number of anilines is 2. The van der Waals surface area contributed by atoms with Crippen molar-refractivity contribution in [3.05, 3.63) is 35.3 Å². The van der Waals surface area contributed by atoms with E-state index in [0.29, 0.717) is 16.9 Å². The van der Waals surface area contributed by atoms with E-state index < -0.39 is 48.6 Å². The second-order valence-electron chi connectivity index (χ2n) is 9.42. The molecular formula is C21H26N9O7PS. The van der Waals surface area contributed by atoms with Gasteiger partial charge < -0.3 is 40.2 Å². The number of nitrogens with two attached hydrogens (primary N) is 2. The van der Waals surface area contributed by atoms with Crippen LogP contribution < -0.4 is 17.0 Å². The molecule has 2 aliphatic heterocycles. The highest BCUT2D eigenvalue weighted by Gasteiger charge is 2.48. The molecule has 39 heavy (non-hydrogen) atoms. The van der Waals surface area contributed by atoms with Gasteiger partial charge in [-0.05, 0) is 12.5 Å². The molecule has 0 amide bonds. The van der Waals surface area contributed by atoms with E-state index in [4.69, 9.17) is 25.5 Å². The van der Waals surface area contributed by atoms with E-state index in [1.807, 2.05) is 0 Å². The van der Waals surface area contributed by atoms with Crippen LogP contribution >= 0.6 is 18.8 Å². The lowest BCUT2D eigenvalue weighted by atomic mass is 10.2. The molecule has 208 valence electrons.